The molecule has 0 atom stereocenters. The van der Waals surface area contributed by atoms with Crippen molar-refractivity contribution in [2.45, 2.75) is 32.6 Å². The highest BCUT2D eigenvalue weighted by atomic mass is 32.1. The minimum absolute atomic E-state index is 0.0273. The van der Waals surface area contributed by atoms with Crippen molar-refractivity contribution in [2.24, 2.45) is 5.92 Å². The van der Waals surface area contributed by atoms with Crippen LogP contribution in [0.15, 0.2) is 36.4 Å². The van der Waals surface area contributed by atoms with E-state index in [1.807, 2.05) is 30.3 Å². The zero-order valence-electron chi connectivity index (χ0n) is 15.0. The smallest absolute Gasteiger partial charge is 0.259 e. The van der Waals surface area contributed by atoms with E-state index >= 15 is 0 Å². The van der Waals surface area contributed by atoms with Crippen LogP contribution in [0.5, 0.6) is 0 Å². The van der Waals surface area contributed by atoms with Gasteiger partial charge in [-0.25, -0.2) is 0 Å². The Balaban J connectivity index is 1.64. The van der Waals surface area contributed by atoms with Crippen molar-refractivity contribution in [1.29, 1.82) is 0 Å². The second kappa shape index (κ2) is 7.44. The maximum Gasteiger partial charge on any atom is 0.259 e. The molecule has 0 unspecified atom stereocenters. The molecule has 138 valence electrons. The van der Waals surface area contributed by atoms with E-state index in [4.69, 9.17) is 0 Å². The predicted octanol–water partition coefficient (Wildman–Crippen LogP) is 4.24. The van der Waals surface area contributed by atoms with Crippen LogP contribution in [0.2, 0.25) is 0 Å². The number of anilines is 2. The fraction of sp³-hybridized carbons (Fsp3) is 0.300. The molecular weight excluding hydrogens is 360 g/mol. The van der Waals surface area contributed by atoms with Crippen molar-refractivity contribution in [2.75, 3.05) is 10.6 Å². The molecular formula is C20H20N4O2S. The minimum Gasteiger partial charge on any atom is -0.325 e. The summed E-state index contributed by atoms with van der Waals surface area (Å²) in [5, 5.41) is 17.1. The van der Waals surface area contributed by atoms with Gasteiger partial charge in [0.05, 0.1) is 11.3 Å². The summed E-state index contributed by atoms with van der Waals surface area (Å²) in [7, 11) is 0. The van der Waals surface area contributed by atoms with Gasteiger partial charge < -0.3 is 5.32 Å². The summed E-state index contributed by atoms with van der Waals surface area (Å²) in [5.74, 6) is -0.265. The first-order valence-electron chi connectivity index (χ1n) is 9.11. The zero-order valence-corrected chi connectivity index (χ0v) is 15.8. The Morgan fingerprint density at radius 1 is 1.11 bits per heavy atom. The Bertz CT molecular complexity index is 1010. The van der Waals surface area contributed by atoms with Gasteiger partial charge in [-0.1, -0.05) is 42.5 Å². The molecule has 0 bridgehead atoms. The van der Waals surface area contributed by atoms with Gasteiger partial charge in [-0.2, -0.15) is 0 Å². The van der Waals surface area contributed by atoms with Crippen molar-refractivity contribution >= 4 is 44.7 Å². The molecule has 2 aromatic carbocycles. The summed E-state index contributed by atoms with van der Waals surface area (Å²) in [5.41, 5.74) is 0.955. The summed E-state index contributed by atoms with van der Waals surface area (Å²) in [6.07, 6.45) is 3.63. The Morgan fingerprint density at radius 2 is 1.85 bits per heavy atom. The van der Waals surface area contributed by atoms with E-state index < -0.39 is 0 Å². The van der Waals surface area contributed by atoms with Gasteiger partial charge in [0.1, 0.15) is 5.01 Å². The van der Waals surface area contributed by atoms with Crippen molar-refractivity contribution < 1.29 is 9.59 Å². The van der Waals surface area contributed by atoms with Gasteiger partial charge in [0.2, 0.25) is 11.0 Å². The van der Waals surface area contributed by atoms with E-state index in [0.717, 1.165) is 41.5 Å². The van der Waals surface area contributed by atoms with Crippen LogP contribution < -0.4 is 10.6 Å². The third-order valence-corrected chi connectivity index (χ3v) is 5.39. The third kappa shape index (κ3) is 3.98. The van der Waals surface area contributed by atoms with Crippen molar-refractivity contribution in [3.63, 3.8) is 0 Å². The average Bonchev–Trinajstić information content (AvgIpc) is 3.43. The molecule has 27 heavy (non-hydrogen) atoms. The second-order valence-electron chi connectivity index (χ2n) is 6.71. The Morgan fingerprint density at radius 3 is 2.56 bits per heavy atom. The number of hydrogen-bond acceptors (Lipinski definition) is 5. The van der Waals surface area contributed by atoms with Crippen molar-refractivity contribution in [3.8, 4) is 0 Å². The molecule has 7 heteroatoms. The summed E-state index contributed by atoms with van der Waals surface area (Å²) >= 11 is 1.38. The fourth-order valence-electron chi connectivity index (χ4n) is 2.90. The molecule has 1 fully saturated rings. The number of carbonyl (C=O) groups excluding carboxylic acids is 2. The second-order valence-corrected chi connectivity index (χ2v) is 7.78. The molecule has 4 rings (SSSR count). The molecule has 2 amide bonds. The zero-order chi connectivity index (χ0) is 18.8. The summed E-state index contributed by atoms with van der Waals surface area (Å²) in [4.78, 5) is 25.1. The van der Waals surface area contributed by atoms with Gasteiger partial charge in [-0.05, 0) is 42.2 Å². The first kappa shape index (κ1) is 17.6. The molecule has 1 saturated carbocycles. The largest absolute Gasteiger partial charge is 0.325 e. The number of carbonyl (C=O) groups is 2. The van der Waals surface area contributed by atoms with Crippen molar-refractivity contribution in [1.82, 2.24) is 10.2 Å². The number of fused-ring (bicyclic) bond motifs is 1. The van der Waals surface area contributed by atoms with E-state index in [2.05, 4.69) is 27.8 Å². The highest BCUT2D eigenvalue weighted by Gasteiger charge is 2.30. The summed E-state index contributed by atoms with van der Waals surface area (Å²) < 4.78 is 0. The monoisotopic (exact) mass is 380 g/mol. The first-order chi connectivity index (χ1) is 13.1. The third-order valence-electron chi connectivity index (χ3n) is 4.49. The van der Waals surface area contributed by atoms with Gasteiger partial charge >= 0.3 is 0 Å². The number of nitrogens with one attached hydrogen (secondary N) is 2. The lowest BCUT2D eigenvalue weighted by Gasteiger charge is -2.12. The lowest BCUT2D eigenvalue weighted by atomic mass is 10.0. The highest BCUT2D eigenvalue weighted by Crippen LogP contribution is 2.32. The van der Waals surface area contributed by atoms with Gasteiger partial charge in [0.25, 0.3) is 5.91 Å². The van der Waals surface area contributed by atoms with Crippen LogP contribution in [0.4, 0.5) is 10.8 Å². The number of rotatable bonds is 6. The maximum atomic E-state index is 12.9. The Kier molecular flexibility index (Phi) is 4.85. The standard InChI is InChI=1S/C20H20N4O2S/c1-2-5-17-23-24-20(27-17)22-19(26)15-10-13-6-3-4-7-14(13)11-16(15)21-18(25)12-8-9-12/h3-4,6-7,10-12H,2,5,8-9H2,1H3,(H,21,25)(H,22,24,26). The summed E-state index contributed by atoms with van der Waals surface area (Å²) in [6, 6.07) is 11.4. The van der Waals surface area contributed by atoms with Gasteiger partial charge in [-0.15, -0.1) is 10.2 Å². The fourth-order valence-corrected chi connectivity index (χ4v) is 3.73. The van der Waals surface area contributed by atoms with E-state index in [0.29, 0.717) is 16.4 Å². The molecule has 1 aliphatic carbocycles. The molecule has 6 nitrogen and oxygen atoms in total. The number of benzene rings is 2. The van der Waals surface area contributed by atoms with Crippen LogP contribution >= 0.6 is 11.3 Å². The average molecular weight is 380 g/mol. The van der Waals surface area contributed by atoms with Crippen LogP contribution in [0.1, 0.15) is 41.6 Å². The lowest BCUT2D eigenvalue weighted by Crippen LogP contribution is -2.19. The van der Waals surface area contributed by atoms with Crippen molar-refractivity contribution in [3.05, 3.63) is 47.0 Å². The van der Waals surface area contributed by atoms with E-state index in [1.54, 1.807) is 6.07 Å². The molecule has 0 spiro atoms. The van der Waals surface area contributed by atoms with Gasteiger partial charge in [0.15, 0.2) is 0 Å². The van der Waals surface area contributed by atoms with E-state index in [1.165, 1.54) is 11.3 Å². The number of aryl methyl sites for hydroxylation is 1. The molecule has 0 aliphatic heterocycles. The number of nitrogens with zero attached hydrogens (tertiary/aromatic N) is 2. The number of aromatic nitrogens is 2. The van der Waals surface area contributed by atoms with Crippen LogP contribution in [-0.2, 0) is 11.2 Å². The maximum absolute atomic E-state index is 12.9. The number of amides is 2. The summed E-state index contributed by atoms with van der Waals surface area (Å²) in [6.45, 7) is 2.07. The van der Waals surface area contributed by atoms with Crippen LogP contribution in [0, 0.1) is 5.92 Å². The topological polar surface area (TPSA) is 84.0 Å². The molecule has 3 aromatic rings. The van der Waals surface area contributed by atoms with E-state index in [9.17, 15) is 9.59 Å². The lowest BCUT2D eigenvalue weighted by molar-refractivity contribution is -0.117. The normalized spacial score (nSPS) is 13.5. The Labute approximate surface area is 161 Å². The van der Waals surface area contributed by atoms with Crippen LogP contribution in [0.25, 0.3) is 10.8 Å². The molecule has 0 radical (unpaired) electrons. The van der Waals surface area contributed by atoms with Gasteiger partial charge in [-0.3, -0.25) is 14.9 Å². The molecule has 1 aromatic heterocycles. The molecule has 1 heterocycles. The predicted molar refractivity (Wildman–Crippen MR) is 107 cm³/mol. The number of hydrogen-bond donors (Lipinski definition) is 2. The molecule has 1 aliphatic rings. The molecule has 0 saturated heterocycles. The van der Waals surface area contributed by atoms with Crippen LogP contribution in [-0.4, -0.2) is 22.0 Å². The Hall–Kier alpha value is -2.80. The quantitative estimate of drug-likeness (QED) is 0.670. The first-order valence-corrected chi connectivity index (χ1v) is 9.93. The SMILES string of the molecule is CCCc1nnc(NC(=O)c2cc3ccccc3cc2NC(=O)C2CC2)s1. The molecule has 2 N–H and O–H groups in total. The van der Waals surface area contributed by atoms with E-state index in [-0.39, 0.29) is 17.7 Å². The highest BCUT2D eigenvalue weighted by molar-refractivity contribution is 7.15. The minimum atomic E-state index is -0.300. The van der Waals surface area contributed by atoms with Gasteiger partial charge in [0, 0.05) is 12.3 Å². The van der Waals surface area contributed by atoms with Crippen LogP contribution in [0.3, 0.4) is 0 Å².